The number of imidazole rings is 1. The maximum atomic E-state index is 12.2. The number of rotatable bonds is 4. The van der Waals surface area contributed by atoms with E-state index in [1.54, 1.807) is 36.0 Å². The maximum absolute atomic E-state index is 12.2. The van der Waals surface area contributed by atoms with E-state index in [0.717, 1.165) is 23.0 Å². The lowest BCUT2D eigenvalue weighted by atomic mass is 10.2. The van der Waals surface area contributed by atoms with Crippen LogP contribution < -0.4 is 5.69 Å². The van der Waals surface area contributed by atoms with Crippen LogP contribution in [-0.2, 0) is 16.6 Å². The number of hydrazone groups is 1. The van der Waals surface area contributed by atoms with Crippen molar-refractivity contribution in [3.8, 4) is 0 Å². The molecule has 28 heavy (non-hydrogen) atoms. The molecular formula is C19H19N5O3S. The minimum atomic E-state index is -3.69. The normalized spacial score (nSPS) is 15.1. The largest absolute Gasteiger partial charge is 0.326 e. The molecule has 1 aliphatic rings. The highest BCUT2D eigenvalue weighted by molar-refractivity contribution is 7.90. The maximum Gasteiger partial charge on any atom is 0.326 e. The second-order valence-corrected chi connectivity index (χ2v) is 8.09. The summed E-state index contributed by atoms with van der Waals surface area (Å²) in [7, 11) is -2.04. The summed E-state index contributed by atoms with van der Waals surface area (Å²) in [4.78, 5) is 15.1. The summed E-state index contributed by atoms with van der Waals surface area (Å²) >= 11 is 0. The van der Waals surface area contributed by atoms with Gasteiger partial charge in [-0.15, -0.1) is 4.40 Å². The summed E-state index contributed by atoms with van der Waals surface area (Å²) in [5, 5.41) is 5.78. The van der Waals surface area contributed by atoms with E-state index in [1.807, 2.05) is 25.1 Å². The Labute approximate surface area is 161 Å². The molecule has 0 amide bonds. The molecule has 0 saturated heterocycles. The van der Waals surface area contributed by atoms with Crippen LogP contribution in [0.3, 0.4) is 0 Å². The molecule has 3 aromatic rings. The first kappa shape index (κ1) is 18.2. The first-order valence-corrected chi connectivity index (χ1v) is 10.3. The van der Waals surface area contributed by atoms with E-state index in [4.69, 9.17) is 0 Å². The second-order valence-electron chi connectivity index (χ2n) is 6.51. The molecule has 0 spiro atoms. The summed E-state index contributed by atoms with van der Waals surface area (Å²) in [6, 6.07) is 12.2. The number of sulfonamides is 1. The number of aromatic amines is 1. The van der Waals surface area contributed by atoms with E-state index in [0.29, 0.717) is 12.1 Å². The number of aryl methyl sites for hydroxylation is 1. The number of amidine groups is 1. The van der Waals surface area contributed by atoms with Gasteiger partial charge >= 0.3 is 5.69 Å². The molecular weight excluding hydrogens is 378 g/mol. The van der Waals surface area contributed by atoms with Gasteiger partial charge in [0.15, 0.2) is 5.84 Å². The lowest BCUT2D eigenvalue weighted by Gasteiger charge is -2.12. The third kappa shape index (κ3) is 3.03. The van der Waals surface area contributed by atoms with Crippen molar-refractivity contribution in [1.29, 1.82) is 0 Å². The average Bonchev–Trinajstić information content (AvgIpc) is 3.14. The van der Waals surface area contributed by atoms with Crippen molar-refractivity contribution in [2.75, 3.05) is 7.05 Å². The zero-order valence-corrected chi connectivity index (χ0v) is 16.3. The van der Waals surface area contributed by atoms with Crippen LogP contribution in [0.5, 0.6) is 0 Å². The van der Waals surface area contributed by atoms with Gasteiger partial charge in [0.05, 0.1) is 17.2 Å². The third-order valence-corrected chi connectivity index (χ3v) is 5.87. The predicted octanol–water partition coefficient (Wildman–Crippen LogP) is 2.15. The molecule has 2 aromatic carbocycles. The second kappa shape index (κ2) is 6.75. The highest BCUT2D eigenvalue weighted by Crippen LogP contribution is 2.27. The van der Waals surface area contributed by atoms with Gasteiger partial charge in [0.25, 0.3) is 10.0 Å². The molecule has 0 fully saturated rings. The molecule has 1 N–H and O–H groups in total. The third-order valence-electron chi connectivity index (χ3n) is 4.55. The van der Waals surface area contributed by atoms with Crippen molar-refractivity contribution in [3.63, 3.8) is 0 Å². The number of benzene rings is 2. The van der Waals surface area contributed by atoms with Gasteiger partial charge in [-0.3, -0.25) is 4.57 Å². The molecule has 8 nitrogen and oxygen atoms in total. The average molecular weight is 397 g/mol. The zero-order chi connectivity index (χ0) is 19.9. The zero-order valence-electron chi connectivity index (χ0n) is 15.5. The van der Waals surface area contributed by atoms with Gasteiger partial charge in [0, 0.05) is 19.2 Å². The summed E-state index contributed by atoms with van der Waals surface area (Å²) in [5.74, 6) is 0.275. The lowest BCUT2D eigenvalue weighted by Crippen LogP contribution is -2.21. The highest BCUT2D eigenvalue weighted by atomic mass is 32.2. The van der Waals surface area contributed by atoms with Gasteiger partial charge in [-0.1, -0.05) is 25.1 Å². The van der Waals surface area contributed by atoms with Crippen molar-refractivity contribution >= 4 is 33.1 Å². The van der Waals surface area contributed by atoms with Crippen molar-refractivity contribution in [2.24, 2.45) is 9.50 Å². The number of nitrogens with one attached hydrogen (secondary N) is 1. The van der Waals surface area contributed by atoms with Gasteiger partial charge in [-0.2, -0.15) is 13.5 Å². The molecule has 0 radical (unpaired) electrons. The van der Waals surface area contributed by atoms with Crippen LogP contribution in [0, 0.1) is 0 Å². The SMILES string of the molecule is CCCn1c(=O)[nH]c2ccc(/C=N/N(C)C3=NS(=O)(=O)c4ccccc43)cc21. The van der Waals surface area contributed by atoms with Gasteiger partial charge in [-0.05, 0) is 36.2 Å². The summed E-state index contributed by atoms with van der Waals surface area (Å²) in [6.45, 7) is 2.64. The van der Waals surface area contributed by atoms with Crippen LogP contribution in [0.1, 0.15) is 24.5 Å². The molecule has 144 valence electrons. The molecule has 0 atom stereocenters. The number of nitrogens with zero attached hydrogens (tertiary/aromatic N) is 4. The Hall–Kier alpha value is -3.20. The number of hydrogen-bond donors (Lipinski definition) is 1. The quantitative estimate of drug-likeness (QED) is 0.538. The van der Waals surface area contributed by atoms with Crippen molar-refractivity contribution in [3.05, 3.63) is 64.1 Å². The number of fused-ring (bicyclic) bond motifs is 2. The molecule has 0 bridgehead atoms. The van der Waals surface area contributed by atoms with E-state index >= 15 is 0 Å². The predicted molar refractivity (Wildman–Crippen MR) is 108 cm³/mol. The number of H-pyrrole nitrogens is 1. The fourth-order valence-electron chi connectivity index (χ4n) is 3.23. The van der Waals surface area contributed by atoms with Crippen LogP contribution in [0.2, 0.25) is 0 Å². The van der Waals surface area contributed by atoms with E-state index < -0.39 is 10.0 Å². The van der Waals surface area contributed by atoms with E-state index in [-0.39, 0.29) is 16.4 Å². The van der Waals surface area contributed by atoms with Crippen LogP contribution in [0.4, 0.5) is 0 Å². The minimum Gasteiger partial charge on any atom is -0.306 e. The summed E-state index contributed by atoms with van der Waals surface area (Å²) in [6.07, 6.45) is 2.46. The molecule has 4 rings (SSSR count). The first-order chi connectivity index (χ1) is 13.4. The molecule has 9 heteroatoms. The Morgan fingerprint density at radius 1 is 1.25 bits per heavy atom. The van der Waals surface area contributed by atoms with Gasteiger partial charge < -0.3 is 4.98 Å². The Morgan fingerprint density at radius 2 is 2.04 bits per heavy atom. The van der Waals surface area contributed by atoms with Gasteiger partial charge in [-0.25, -0.2) is 9.80 Å². The smallest absolute Gasteiger partial charge is 0.306 e. The fraction of sp³-hybridized carbons (Fsp3) is 0.211. The Morgan fingerprint density at radius 3 is 2.82 bits per heavy atom. The van der Waals surface area contributed by atoms with E-state index in [1.165, 1.54) is 11.1 Å². The van der Waals surface area contributed by atoms with Crippen LogP contribution in [-0.4, -0.2) is 42.1 Å². The van der Waals surface area contributed by atoms with Crippen LogP contribution >= 0.6 is 0 Å². The van der Waals surface area contributed by atoms with Crippen molar-refractivity contribution in [2.45, 2.75) is 24.8 Å². The summed E-state index contributed by atoms with van der Waals surface area (Å²) in [5.41, 5.74) is 2.76. The molecule has 1 aromatic heterocycles. The Balaban J connectivity index is 1.66. The standard InChI is InChI=1S/C19H19N5O3S/c1-3-10-24-16-11-13(8-9-15(16)21-19(24)25)12-20-23(2)18-14-6-4-5-7-17(14)28(26,27)22-18/h4-9,11-12H,3,10H2,1-2H3,(H,21,25)/b20-12+. The topological polar surface area (TPSA) is 99.9 Å². The fourth-order valence-corrected chi connectivity index (χ4v) is 4.46. The van der Waals surface area contributed by atoms with E-state index in [2.05, 4.69) is 14.5 Å². The first-order valence-electron chi connectivity index (χ1n) is 8.85. The highest BCUT2D eigenvalue weighted by Gasteiger charge is 2.30. The van der Waals surface area contributed by atoms with Crippen LogP contribution in [0.15, 0.2) is 61.7 Å². The molecule has 2 heterocycles. The Kier molecular flexibility index (Phi) is 4.38. The van der Waals surface area contributed by atoms with Crippen molar-refractivity contribution in [1.82, 2.24) is 14.6 Å². The van der Waals surface area contributed by atoms with Gasteiger partial charge in [0.2, 0.25) is 0 Å². The van der Waals surface area contributed by atoms with Gasteiger partial charge in [0.1, 0.15) is 4.90 Å². The molecule has 0 aliphatic carbocycles. The number of aromatic nitrogens is 2. The van der Waals surface area contributed by atoms with Crippen LogP contribution in [0.25, 0.3) is 11.0 Å². The molecule has 1 aliphatic heterocycles. The Bertz CT molecular complexity index is 1280. The number of hydrogen-bond acceptors (Lipinski definition) is 5. The monoisotopic (exact) mass is 397 g/mol. The molecule has 0 unspecified atom stereocenters. The van der Waals surface area contributed by atoms with Crippen molar-refractivity contribution < 1.29 is 8.42 Å². The van der Waals surface area contributed by atoms with E-state index in [9.17, 15) is 13.2 Å². The lowest BCUT2D eigenvalue weighted by molar-refractivity contribution is 0.549. The molecule has 0 saturated carbocycles. The minimum absolute atomic E-state index is 0.134. The summed E-state index contributed by atoms with van der Waals surface area (Å²) < 4.78 is 29.9.